The summed E-state index contributed by atoms with van der Waals surface area (Å²) in [5.41, 5.74) is 11.6. The Morgan fingerprint density at radius 1 is 0.933 bits per heavy atom. The molecule has 0 radical (unpaired) electrons. The summed E-state index contributed by atoms with van der Waals surface area (Å²) in [6.45, 7) is 1.97. The van der Waals surface area contributed by atoms with Crippen LogP contribution in [0.2, 0.25) is 0 Å². The van der Waals surface area contributed by atoms with Crippen molar-refractivity contribution in [3.05, 3.63) is 48.3 Å². The number of anilines is 2. The number of pyridine rings is 2. The number of rotatable bonds is 0. The van der Waals surface area contributed by atoms with E-state index in [9.17, 15) is 0 Å². The van der Waals surface area contributed by atoms with Crippen molar-refractivity contribution in [2.45, 2.75) is 6.92 Å². The zero-order valence-corrected chi connectivity index (χ0v) is 8.59. The number of nitrogen functional groups attached to an aromatic ring is 2. The summed E-state index contributed by atoms with van der Waals surface area (Å²) in [6.07, 6.45) is 1.79. The second-order valence-corrected chi connectivity index (χ2v) is 2.96. The summed E-state index contributed by atoms with van der Waals surface area (Å²) >= 11 is 0. The second-order valence-electron chi connectivity index (χ2n) is 2.96. The molecule has 0 bridgehead atoms. The average molecular weight is 202 g/mol. The van der Waals surface area contributed by atoms with E-state index in [1.807, 2.05) is 25.1 Å². The van der Waals surface area contributed by atoms with Crippen LogP contribution in [0.5, 0.6) is 0 Å². The predicted molar refractivity (Wildman–Crippen MR) is 62.0 cm³/mol. The molecular formula is C11H14N4. The molecule has 2 rings (SSSR count). The summed E-state index contributed by atoms with van der Waals surface area (Å²) in [5, 5.41) is 0. The van der Waals surface area contributed by atoms with E-state index in [0.717, 1.165) is 5.69 Å². The van der Waals surface area contributed by atoms with Gasteiger partial charge in [0.1, 0.15) is 11.6 Å². The Balaban J connectivity index is 0.000000151. The number of nitrogens with two attached hydrogens (primary N) is 2. The first-order valence-electron chi connectivity index (χ1n) is 4.54. The Kier molecular flexibility index (Phi) is 4.09. The van der Waals surface area contributed by atoms with Crippen molar-refractivity contribution in [3.8, 4) is 0 Å². The zero-order valence-electron chi connectivity index (χ0n) is 8.59. The highest BCUT2D eigenvalue weighted by atomic mass is 14.9. The molecule has 4 heteroatoms. The van der Waals surface area contributed by atoms with Crippen molar-refractivity contribution < 1.29 is 0 Å². The van der Waals surface area contributed by atoms with Crippen molar-refractivity contribution in [3.63, 3.8) is 0 Å². The molecule has 0 unspecified atom stereocenters. The van der Waals surface area contributed by atoms with E-state index >= 15 is 0 Å². The minimum Gasteiger partial charge on any atom is -0.384 e. The van der Waals surface area contributed by atoms with Crippen molar-refractivity contribution in [1.82, 2.24) is 9.97 Å². The third kappa shape index (κ3) is 4.61. The lowest BCUT2D eigenvalue weighted by Crippen LogP contribution is -1.93. The molecule has 0 aromatic carbocycles. The molecule has 78 valence electrons. The van der Waals surface area contributed by atoms with Gasteiger partial charge in [0, 0.05) is 11.9 Å². The topological polar surface area (TPSA) is 77.8 Å². The molecule has 0 spiro atoms. The Bertz CT molecular complexity index is 383. The molecule has 0 amide bonds. The van der Waals surface area contributed by atoms with Gasteiger partial charge in [-0.15, -0.1) is 0 Å². The number of nitrogens with zero attached hydrogens (tertiary/aromatic N) is 2. The third-order valence-electron chi connectivity index (χ3n) is 1.60. The molecule has 0 fully saturated rings. The van der Waals surface area contributed by atoms with Gasteiger partial charge < -0.3 is 11.5 Å². The van der Waals surface area contributed by atoms with Crippen molar-refractivity contribution in [2.24, 2.45) is 0 Å². The van der Waals surface area contributed by atoms with E-state index in [-0.39, 0.29) is 0 Å². The SMILES string of the molecule is Cc1ccccn1.Nc1cccc(N)n1. The van der Waals surface area contributed by atoms with E-state index in [4.69, 9.17) is 11.5 Å². The van der Waals surface area contributed by atoms with Crippen molar-refractivity contribution in [2.75, 3.05) is 11.5 Å². The van der Waals surface area contributed by atoms with E-state index in [1.165, 1.54) is 0 Å². The molecule has 0 aliphatic rings. The molecule has 4 N–H and O–H groups in total. The van der Waals surface area contributed by atoms with Crippen LogP contribution in [0.15, 0.2) is 42.6 Å². The normalized spacial score (nSPS) is 8.87. The van der Waals surface area contributed by atoms with Gasteiger partial charge in [0.25, 0.3) is 0 Å². The van der Waals surface area contributed by atoms with Gasteiger partial charge in [-0.1, -0.05) is 12.1 Å². The lowest BCUT2D eigenvalue weighted by molar-refractivity contribution is 1.20. The highest BCUT2D eigenvalue weighted by Gasteiger charge is 1.83. The van der Waals surface area contributed by atoms with Crippen LogP contribution in [-0.4, -0.2) is 9.97 Å². The molecule has 0 aliphatic heterocycles. The molecule has 2 aromatic rings. The second kappa shape index (κ2) is 5.59. The Morgan fingerprint density at radius 3 is 1.87 bits per heavy atom. The van der Waals surface area contributed by atoms with Crippen LogP contribution in [0.1, 0.15) is 5.69 Å². The van der Waals surface area contributed by atoms with Gasteiger partial charge >= 0.3 is 0 Å². The zero-order chi connectivity index (χ0) is 11.1. The maximum Gasteiger partial charge on any atom is 0.125 e. The number of aryl methyl sites for hydroxylation is 1. The summed E-state index contributed by atoms with van der Waals surface area (Å²) in [4.78, 5) is 7.71. The standard InChI is InChI=1S/C6H7N.C5H7N3/c1-6-4-2-3-5-7-6;6-4-2-1-3-5(7)8-4/h2-5H,1H3;1-3H,(H4,6,7,8). The number of hydrogen-bond donors (Lipinski definition) is 2. The van der Waals surface area contributed by atoms with Crippen LogP contribution in [0.25, 0.3) is 0 Å². The molecule has 0 atom stereocenters. The van der Waals surface area contributed by atoms with Gasteiger partial charge in [-0.25, -0.2) is 4.98 Å². The van der Waals surface area contributed by atoms with Gasteiger partial charge in [-0.3, -0.25) is 4.98 Å². The maximum absolute atomic E-state index is 5.27. The monoisotopic (exact) mass is 202 g/mol. The molecule has 0 aliphatic carbocycles. The van der Waals surface area contributed by atoms with E-state index in [1.54, 1.807) is 24.4 Å². The smallest absolute Gasteiger partial charge is 0.125 e. The third-order valence-corrected chi connectivity index (χ3v) is 1.60. The first-order valence-corrected chi connectivity index (χ1v) is 4.54. The first-order chi connectivity index (χ1) is 7.18. The van der Waals surface area contributed by atoms with E-state index in [2.05, 4.69) is 9.97 Å². The summed E-state index contributed by atoms with van der Waals surface area (Å²) in [5.74, 6) is 0.926. The molecule has 2 heterocycles. The summed E-state index contributed by atoms with van der Waals surface area (Å²) < 4.78 is 0. The Morgan fingerprint density at radius 2 is 1.60 bits per heavy atom. The minimum absolute atomic E-state index is 0.463. The molecule has 4 nitrogen and oxygen atoms in total. The predicted octanol–water partition coefficient (Wildman–Crippen LogP) is 1.64. The lowest BCUT2D eigenvalue weighted by atomic mass is 10.4. The quantitative estimate of drug-likeness (QED) is 0.680. The number of hydrogen-bond acceptors (Lipinski definition) is 4. The van der Waals surface area contributed by atoms with Crippen molar-refractivity contribution >= 4 is 11.6 Å². The average Bonchev–Trinajstić information content (AvgIpc) is 2.19. The fourth-order valence-corrected chi connectivity index (χ4v) is 0.917. The Labute approximate surface area is 89.0 Å². The fourth-order valence-electron chi connectivity index (χ4n) is 0.917. The first kappa shape index (κ1) is 11.0. The van der Waals surface area contributed by atoms with E-state index < -0.39 is 0 Å². The largest absolute Gasteiger partial charge is 0.384 e. The maximum atomic E-state index is 5.27. The van der Waals surface area contributed by atoms with Gasteiger partial charge in [-0.05, 0) is 31.2 Å². The van der Waals surface area contributed by atoms with Crippen LogP contribution in [0.3, 0.4) is 0 Å². The van der Waals surface area contributed by atoms with Crippen LogP contribution in [0, 0.1) is 6.92 Å². The minimum atomic E-state index is 0.463. The molecule has 0 saturated carbocycles. The van der Waals surface area contributed by atoms with Gasteiger partial charge in [0.2, 0.25) is 0 Å². The van der Waals surface area contributed by atoms with Gasteiger partial charge in [0.15, 0.2) is 0 Å². The summed E-state index contributed by atoms with van der Waals surface area (Å²) in [7, 11) is 0. The van der Waals surface area contributed by atoms with E-state index in [0.29, 0.717) is 11.6 Å². The van der Waals surface area contributed by atoms with Crippen molar-refractivity contribution in [1.29, 1.82) is 0 Å². The molecule has 2 aromatic heterocycles. The molecular weight excluding hydrogens is 188 g/mol. The van der Waals surface area contributed by atoms with Gasteiger partial charge in [0.05, 0.1) is 0 Å². The van der Waals surface area contributed by atoms with Crippen LogP contribution in [-0.2, 0) is 0 Å². The molecule has 15 heavy (non-hydrogen) atoms. The number of aromatic nitrogens is 2. The highest BCUT2D eigenvalue weighted by molar-refractivity contribution is 5.37. The van der Waals surface area contributed by atoms with Crippen LogP contribution < -0.4 is 11.5 Å². The summed E-state index contributed by atoms with van der Waals surface area (Å²) in [6, 6.07) is 11.0. The molecule has 0 saturated heterocycles. The fraction of sp³-hybridized carbons (Fsp3) is 0.0909. The Hall–Kier alpha value is -2.10. The van der Waals surface area contributed by atoms with Crippen LogP contribution in [0.4, 0.5) is 11.6 Å². The lowest BCUT2D eigenvalue weighted by Gasteiger charge is -1.90. The highest BCUT2D eigenvalue weighted by Crippen LogP contribution is 1.99. The van der Waals surface area contributed by atoms with Crippen LogP contribution >= 0.6 is 0 Å². The van der Waals surface area contributed by atoms with Gasteiger partial charge in [-0.2, -0.15) is 0 Å².